The molecule has 3 aliphatic heterocycles. The van der Waals surface area contributed by atoms with Crippen molar-refractivity contribution in [2.24, 2.45) is 0 Å². The summed E-state index contributed by atoms with van der Waals surface area (Å²) >= 11 is 0. The van der Waals surface area contributed by atoms with Crippen molar-refractivity contribution in [1.29, 1.82) is 0 Å². The molecule has 4 aromatic carbocycles. The van der Waals surface area contributed by atoms with Gasteiger partial charge < -0.3 is 10.2 Å². The first kappa shape index (κ1) is 29.8. The monoisotopic (exact) mass is 585 g/mol. The van der Waals surface area contributed by atoms with Gasteiger partial charge in [0.15, 0.2) is 0 Å². The molecule has 0 unspecified atom stereocenters. The fourth-order valence-electron chi connectivity index (χ4n) is 6.65. The van der Waals surface area contributed by atoms with Gasteiger partial charge in [-0.15, -0.1) is 0 Å². The Balaban J connectivity index is 0.000000162. The van der Waals surface area contributed by atoms with Crippen LogP contribution in [0.3, 0.4) is 0 Å². The maximum atomic E-state index is 12.3. The van der Waals surface area contributed by atoms with Gasteiger partial charge in [0.25, 0.3) is 0 Å². The molecule has 5 nitrogen and oxygen atoms in total. The molecule has 44 heavy (non-hydrogen) atoms. The third-order valence-electron chi connectivity index (χ3n) is 9.16. The molecule has 0 bridgehead atoms. The number of carbonyl (C=O) groups excluding carboxylic acids is 2. The number of rotatable bonds is 8. The van der Waals surface area contributed by atoms with Crippen LogP contribution < -0.4 is 5.32 Å². The number of hydrogen-bond donors (Lipinski definition) is 1. The Morgan fingerprint density at radius 1 is 0.591 bits per heavy atom. The van der Waals surface area contributed by atoms with Crippen molar-refractivity contribution in [3.63, 3.8) is 0 Å². The Hall–Kier alpha value is -4.22. The van der Waals surface area contributed by atoms with E-state index in [0.29, 0.717) is 30.8 Å². The second-order valence-corrected chi connectivity index (χ2v) is 12.4. The number of hydrogen-bond acceptors (Lipinski definition) is 3. The molecule has 0 aromatic heterocycles. The molecule has 0 radical (unpaired) electrons. The molecule has 4 aromatic rings. The van der Waals surface area contributed by atoms with Crippen LogP contribution in [0.25, 0.3) is 22.3 Å². The minimum Gasteiger partial charge on any atom is -0.353 e. The summed E-state index contributed by atoms with van der Waals surface area (Å²) in [5.74, 6) is 0.517. The van der Waals surface area contributed by atoms with Gasteiger partial charge in [0.1, 0.15) is 0 Å². The van der Waals surface area contributed by atoms with Crippen LogP contribution in [0.4, 0.5) is 0 Å². The van der Waals surface area contributed by atoms with Crippen LogP contribution >= 0.6 is 0 Å². The highest BCUT2D eigenvalue weighted by Crippen LogP contribution is 2.26. The first-order chi connectivity index (χ1) is 21.6. The molecule has 7 rings (SSSR count). The third-order valence-corrected chi connectivity index (χ3v) is 9.16. The average molecular weight is 586 g/mol. The first-order valence-electron chi connectivity index (χ1n) is 16.2. The van der Waals surface area contributed by atoms with E-state index in [1.807, 2.05) is 12.1 Å². The molecule has 3 saturated heterocycles. The van der Waals surface area contributed by atoms with E-state index in [1.54, 1.807) is 0 Å². The van der Waals surface area contributed by atoms with Crippen molar-refractivity contribution in [2.75, 3.05) is 19.8 Å². The van der Waals surface area contributed by atoms with Crippen LogP contribution in [0.5, 0.6) is 0 Å². The highest BCUT2D eigenvalue weighted by atomic mass is 16.2. The molecular formula is C39H43N3O2. The van der Waals surface area contributed by atoms with Crippen LogP contribution in [0, 0.1) is 0 Å². The summed E-state index contributed by atoms with van der Waals surface area (Å²) in [6, 6.07) is 39.0. The normalized spacial score (nSPS) is 20.0. The molecule has 3 fully saturated rings. The van der Waals surface area contributed by atoms with Crippen LogP contribution in [0.2, 0.25) is 0 Å². The largest absolute Gasteiger partial charge is 0.353 e. The van der Waals surface area contributed by atoms with Crippen LogP contribution in [-0.4, -0.2) is 53.5 Å². The van der Waals surface area contributed by atoms with E-state index in [1.165, 1.54) is 46.2 Å². The maximum Gasteiger partial charge on any atom is 0.223 e. The Kier molecular flexibility index (Phi) is 9.83. The lowest BCUT2D eigenvalue weighted by Gasteiger charge is -2.29. The van der Waals surface area contributed by atoms with E-state index >= 15 is 0 Å². The first-order valence-corrected chi connectivity index (χ1v) is 16.2. The van der Waals surface area contributed by atoms with Gasteiger partial charge in [-0.2, -0.15) is 0 Å². The Morgan fingerprint density at radius 3 is 1.64 bits per heavy atom. The van der Waals surface area contributed by atoms with E-state index in [0.717, 1.165) is 45.4 Å². The van der Waals surface area contributed by atoms with Gasteiger partial charge in [-0.25, -0.2) is 0 Å². The van der Waals surface area contributed by atoms with Crippen molar-refractivity contribution in [1.82, 2.24) is 15.1 Å². The number of benzene rings is 4. The number of nitrogens with zero attached hydrogens (tertiary/aromatic N) is 2. The van der Waals surface area contributed by atoms with Crippen molar-refractivity contribution in [3.8, 4) is 22.3 Å². The van der Waals surface area contributed by atoms with Gasteiger partial charge in [0.05, 0.1) is 6.67 Å². The van der Waals surface area contributed by atoms with E-state index in [9.17, 15) is 9.59 Å². The second-order valence-electron chi connectivity index (χ2n) is 12.4. The predicted octanol–water partition coefficient (Wildman–Crippen LogP) is 7.12. The van der Waals surface area contributed by atoms with Crippen LogP contribution in [0.1, 0.15) is 49.7 Å². The number of nitrogens with one attached hydrogen (secondary N) is 1. The van der Waals surface area contributed by atoms with Crippen molar-refractivity contribution in [3.05, 3.63) is 120 Å². The Labute approximate surface area is 261 Å². The molecule has 3 aliphatic rings. The van der Waals surface area contributed by atoms with Crippen molar-refractivity contribution in [2.45, 2.75) is 63.5 Å². The summed E-state index contributed by atoms with van der Waals surface area (Å²) in [6.45, 7) is 3.11. The molecule has 5 heteroatoms. The summed E-state index contributed by atoms with van der Waals surface area (Å²) in [5.41, 5.74) is 7.59. The highest BCUT2D eigenvalue weighted by Gasteiger charge is 2.32. The maximum absolute atomic E-state index is 12.3. The SMILES string of the molecule is O=C1CC[C@@H](Cc2ccc(-c3ccccc3)cc2)N1.O=C1CC[C@@H](Cc2ccc(-c3ccccc3)cc2)N1CN1CCCC1. The van der Waals surface area contributed by atoms with Crippen LogP contribution in [-0.2, 0) is 22.4 Å². The topological polar surface area (TPSA) is 52.7 Å². The van der Waals surface area contributed by atoms with E-state index in [2.05, 4.69) is 112 Å². The molecule has 3 heterocycles. The minimum absolute atomic E-state index is 0.186. The molecule has 226 valence electrons. The summed E-state index contributed by atoms with van der Waals surface area (Å²) in [6.07, 6.45) is 7.77. The molecule has 1 N–H and O–H groups in total. The van der Waals surface area contributed by atoms with Gasteiger partial charge >= 0.3 is 0 Å². The van der Waals surface area contributed by atoms with Gasteiger partial charge in [-0.05, 0) is 85.0 Å². The van der Waals surface area contributed by atoms with Gasteiger partial charge in [0.2, 0.25) is 11.8 Å². The zero-order valence-corrected chi connectivity index (χ0v) is 25.5. The van der Waals surface area contributed by atoms with Gasteiger partial charge in [-0.3, -0.25) is 14.5 Å². The Bertz CT molecular complexity index is 1500. The minimum atomic E-state index is 0.186. The third kappa shape index (κ3) is 7.83. The standard InChI is InChI=1S/C22H26N2O.C17H17NO/c25-22-13-12-21(24(22)17-23-14-4-5-15-23)16-18-8-10-20(11-9-18)19-6-2-1-3-7-19;19-17-11-10-16(18-17)12-13-6-8-15(9-7-13)14-4-2-1-3-5-14/h1-3,6-11,21H,4-5,12-17H2;1-9,16H,10-12H2,(H,18,19)/t21-;16-/m00/s1. The smallest absolute Gasteiger partial charge is 0.223 e. The average Bonchev–Trinajstić information content (AvgIpc) is 3.82. The number of likely N-dealkylation sites (tertiary alicyclic amines) is 2. The summed E-state index contributed by atoms with van der Waals surface area (Å²) in [7, 11) is 0. The summed E-state index contributed by atoms with van der Waals surface area (Å²) in [4.78, 5) is 28.0. The molecule has 0 aliphatic carbocycles. The zero-order chi connectivity index (χ0) is 30.1. The van der Waals surface area contributed by atoms with Gasteiger partial charge in [-0.1, -0.05) is 109 Å². The van der Waals surface area contributed by atoms with E-state index < -0.39 is 0 Å². The molecular weight excluding hydrogens is 542 g/mol. The summed E-state index contributed by atoms with van der Waals surface area (Å²) < 4.78 is 0. The predicted molar refractivity (Wildman–Crippen MR) is 178 cm³/mol. The van der Waals surface area contributed by atoms with Crippen molar-refractivity contribution < 1.29 is 9.59 Å². The lowest BCUT2D eigenvalue weighted by atomic mass is 10.00. The lowest BCUT2D eigenvalue weighted by molar-refractivity contribution is -0.130. The van der Waals surface area contributed by atoms with Crippen molar-refractivity contribution >= 4 is 11.8 Å². The molecule has 2 amide bonds. The van der Waals surface area contributed by atoms with E-state index in [-0.39, 0.29) is 5.91 Å². The number of carbonyl (C=O) groups is 2. The second kappa shape index (κ2) is 14.5. The highest BCUT2D eigenvalue weighted by molar-refractivity contribution is 5.79. The quantitative estimate of drug-likeness (QED) is 0.240. The fraction of sp³-hybridized carbons (Fsp3) is 0.333. The lowest BCUT2D eigenvalue weighted by Crippen LogP contribution is -2.42. The fourth-order valence-corrected chi connectivity index (χ4v) is 6.65. The molecule has 0 spiro atoms. The molecule has 0 saturated carbocycles. The van der Waals surface area contributed by atoms with Gasteiger partial charge in [0, 0.05) is 24.9 Å². The number of amides is 2. The van der Waals surface area contributed by atoms with E-state index in [4.69, 9.17) is 0 Å². The Morgan fingerprint density at radius 2 is 1.11 bits per heavy atom. The van der Waals surface area contributed by atoms with Crippen LogP contribution in [0.15, 0.2) is 109 Å². The molecule has 2 atom stereocenters. The zero-order valence-electron chi connectivity index (χ0n) is 25.5. The summed E-state index contributed by atoms with van der Waals surface area (Å²) in [5, 5.41) is 3.01.